The van der Waals surface area contributed by atoms with E-state index in [0.29, 0.717) is 13.0 Å². The number of rotatable bonds is 5. The molecule has 1 atom stereocenters. The highest BCUT2D eigenvalue weighted by Gasteiger charge is 2.24. The Labute approximate surface area is 141 Å². The first-order valence-electron chi connectivity index (χ1n) is 8.05. The molecule has 0 unspecified atom stereocenters. The Bertz CT molecular complexity index is 771. The summed E-state index contributed by atoms with van der Waals surface area (Å²) in [4.78, 5) is 0. The Morgan fingerprint density at radius 1 is 1.21 bits per heavy atom. The largest absolute Gasteiger partial charge is 0.507 e. The lowest BCUT2D eigenvalue weighted by Gasteiger charge is -2.15. The van der Waals surface area contributed by atoms with Crippen LogP contribution in [0, 0.1) is 6.92 Å². The highest BCUT2D eigenvalue weighted by atomic mass is 16.5. The molecule has 126 valence electrons. The molecule has 2 aromatic carbocycles. The van der Waals surface area contributed by atoms with Gasteiger partial charge in [0, 0.05) is 12.0 Å². The molecule has 0 spiro atoms. The molecule has 0 saturated heterocycles. The number of nitrogens with one attached hydrogen (secondary N) is 1. The third kappa shape index (κ3) is 3.15. The van der Waals surface area contributed by atoms with Crippen LogP contribution in [0.4, 0.5) is 0 Å². The zero-order valence-corrected chi connectivity index (χ0v) is 14.2. The van der Waals surface area contributed by atoms with E-state index in [2.05, 4.69) is 10.5 Å². The van der Waals surface area contributed by atoms with Crippen molar-refractivity contribution in [1.82, 2.24) is 5.43 Å². The average Bonchev–Trinajstić information content (AvgIpc) is 3.07. The number of methoxy groups -OCH3 is 1. The van der Waals surface area contributed by atoms with Gasteiger partial charge in [-0.05, 0) is 43.7 Å². The van der Waals surface area contributed by atoms with Crippen LogP contribution in [0.5, 0.6) is 17.2 Å². The quantitative estimate of drug-likeness (QED) is 0.882. The highest BCUT2D eigenvalue weighted by molar-refractivity contribution is 6.04. The summed E-state index contributed by atoms with van der Waals surface area (Å²) in [6.45, 7) is 4.53. The van der Waals surface area contributed by atoms with E-state index >= 15 is 0 Å². The molecule has 0 aromatic heterocycles. The van der Waals surface area contributed by atoms with Gasteiger partial charge in [0.05, 0.1) is 25.5 Å². The maximum Gasteiger partial charge on any atom is 0.161 e. The summed E-state index contributed by atoms with van der Waals surface area (Å²) >= 11 is 0. The van der Waals surface area contributed by atoms with Gasteiger partial charge in [-0.1, -0.05) is 17.7 Å². The first kappa shape index (κ1) is 16.2. The van der Waals surface area contributed by atoms with E-state index in [0.717, 1.165) is 33.9 Å². The van der Waals surface area contributed by atoms with E-state index in [1.165, 1.54) is 0 Å². The number of phenolic OH excluding ortho intramolecular Hbond substituents is 1. The van der Waals surface area contributed by atoms with Crippen molar-refractivity contribution in [1.29, 1.82) is 0 Å². The van der Waals surface area contributed by atoms with Gasteiger partial charge in [0.1, 0.15) is 5.75 Å². The van der Waals surface area contributed by atoms with E-state index in [4.69, 9.17) is 9.47 Å². The molecule has 0 radical (unpaired) electrons. The smallest absolute Gasteiger partial charge is 0.161 e. The number of benzene rings is 2. The molecule has 2 aromatic rings. The van der Waals surface area contributed by atoms with Crippen LogP contribution in [-0.2, 0) is 0 Å². The average molecular weight is 326 g/mol. The monoisotopic (exact) mass is 326 g/mol. The number of hydrazone groups is 1. The Balaban J connectivity index is 1.82. The zero-order valence-electron chi connectivity index (χ0n) is 14.2. The SMILES string of the molecule is CCOc1cc([C@@H]2CC(c3cc(C)ccc3O)=NN2)ccc1OC. The van der Waals surface area contributed by atoms with Gasteiger partial charge >= 0.3 is 0 Å². The lowest BCUT2D eigenvalue weighted by Crippen LogP contribution is -2.10. The molecule has 24 heavy (non-hydrogen) atoms. The van der Waals surface area contributed by atoms with Crippen LogP contribution < -0.4 is 14.9 Å². The molecule has 0 bridgehead atoms. The van der Waals surface area contributed by atoms with Crippen molar-refractivity contribution in [3.8, 4) is 17.2 Å². The fraction of sp³-hybridized carbons (Fsp3) is 0.316. The van der Waals surface area contributed by atoms with E-state index < -0.39 is 0 Å². The number of aromatic hydroxyl groups is 1. The minimum absolute atomic E-state index is 0.0463. The molecule has 5 nitrogen and oxygen atoms in total. The number of nitrogens with zero attached hydrogens (tertiary/aromatic N) is 1. The number of aryl methyl sites for hydroxylation is 1. The van der Waals surface area contributed by atoms with Gasteiger partial charge in [-0.3, -0.25) is 0 Å². The fourth-order valence-electron chi connectivity index (χ4n) is 2.86. The molecule has 1 heterocycles. The zero-order chi connectivity index (χ0) is 17.1. The summed E-state index contributed by atoms with van der Waals surface area (Å²) in [6, 6.07) is 11.5. The molecule has 1 aliphatic rings. The Morgan fingerprint density at radius 2 is 2.04 bits per heavy atom. The summed E-state index contributed by atoms with van der Waals surface area (Å²) < 4.78 is 11.0. The van der Waals surface area contributed by atoms with Crippen LogP contribution in [0.1, 0.15) is 36.1 Å². The first-order valence-corrected chi connectivity index (χ1v) is 8.05. The van der Waals surface area contributed by atoms with Gasteiger partial charge in [-0.15, -0.1) is 0 Å². The van der Waals surface area contributed by atoms with E-state index in [-0.39, 0.29) is 11.8 Å². The Hall–Kier alpha value is -2.69. The minimum Gasteiger partial charge on any atom is -0.507 e. The second-order valence-corrected chi connectivity index (χ2v) is 5.81. The third-order valence-corrected chi connectivity index (χ3v) is 4.11. The molecule has 1 aliphatic heterocycles. The lowest BCUT2D eigenvalue weighted by atomic mass is 9.97. The highest BCUT2D eigenvalue weighted by Crippen LogP contribution is 2.34. The second kappa shape index (κ2) is 6.83. The van der Waals surface area contributed by atoms with Crippen molar-refractivity contribution in [2.75, 3.05) is 13.7 Å². The molecule has 5 heteroatoms. The van der Waals surface area contributed by atoms with Crippen LogP contribution in [0.25, 0.3) is 0 Å². The van der Waals surface area contributed by atoms with Gasteiger partial charge < -0.3 is 20.0 Å². The predicted octanol–water partition coefficient (Wildman–Crippen LogP) is 3.55. The van der Waals surface area contributed by atoms with Crippen molar-refractivity contribution < 1.29 is 14.6 Å². The fourth-order valence-corrected chi connectivity index (χ4v) is 2.86. The summed E-state index contributed by atoms with van der Waals surface area (Å²) in [5.41, 5.74) is 6.96. The van der Waals surface area contributed by atoms with Crippen molar-refractivity contribution in [3.05, 3.63) is 53.1 Å². The number of phenols is 1. The first-order chi connectivity index (χ1) is 11.6. The van der Waals surface area contributed by atoms with Crippen LogP contribution >= 0.6 is 0 Å². The number of hydrogen-bond acceptors (Lipinski definition) is 5. The maximum atomic E-state index is 10.1. The molecule has 2 N–H and O–H groups in total. The van der Waals surface area contributed by atoms with Crippen LogP contribution in [0.15, 0.2) is 41.5 Å². The predicted molar refractivity (Wildman–Crippen MR) is 94.0 cm³/mol. The molecular weight excluding hydrogens is 304 g/mol. The molecule has 3 rings (SSSR count). The van der Waals surface area contributed by atoms with Crippen LogP contribution in [0.2, 0.25) is 0 Å². The number of ether oxygens (including phenoxy) is 2. The van der Waals surface area contributed by atoms with Gasteiger partial charge in [0.2, 0.25) is 0 Å². The summed E-state index contributed by atoms with van der Waals surface area (Å²) in [5, 5.41) is 14.5. The van der Waals surface area contributed by atoms with Crippen molar-refractivity contribution in [2.45, 2.75) is 26.3 Å². The van der Waals surface area contributed by atoms with E-state index in [9.17, 15) is 5.11 Å². The van der Waals surface area contributed by atoms with Gasteiger partial charge in [0.15, 0.2) is 11.5 Å². The normalized spacial score (nSPS) is 16.5. The summed E-state index contributed by atoms with van der Waals surface area (Å²) in [7, 11) is 1.63. The molecule has 0 fully saturated rings. The van der Waals surface area contributed by atoms with Gasteiger partial charge in [-0.25, -0.2) is 0 Å². The number of hydrogen-bond donors (Lipinski definition) is 2. The van der Waals surface area contributed by atoms with Gasteiger partial charge in [0.25, 0.3) is 0 Å². The summed E-state index contributed by atoms with van der Waals surface area (Å²) in [5.74, 6) is 1.70. The molecule has 0 saturated carbocycles. The molecule has 0 aliphatic carbocycles. The topological polar surface area (TPSA) is 63.1 Å². The summed E-state index contributed by atoms with van der Waals surface area (Å²) in [6.07, 6.45) is 0.703. The molecular formula is C19H22N2O3. The maximum absolute atomic E-state index is 10.1. The van der Waals surface area contributed by atoms with Crippen molar-refractivity contribution in [3.63, 3.8) is 0 Å². The van der Waals surface area contributed by atoms with E-state index in [1.54, 1.807) is 13.2 Å². The Morgan fingerprint density at radius 3 is 2.79 bits per heavy atom. The molecule has 0 amide bonds. The van der Waals surface area contributed by atoms with Crippen LogP contribution in [0.3, 0.4) is 0 Å². The van der Waals surface area contributed by atoms with Gasteiger partial charge in [-0.2, -0.15) is 5.10 Å². The lowest BCUT2D eigenvalue weighted by molar-refractivity contribution is 0.310. The minimum atomic E-state index is 0.0463. The van der Waals surface area contributed by atoms with Crippen molar-refractivity contribution in [2.24, 2.45) is 5.10 Å². The Kier molecular flexibility index (Phi) is 4.60. The standard InChI is InChI=1S/C19H22N2O3/c1-4-24-19-10-13(6-8-18(19)23-3)15-11-16(21-20-15)14-9-12(2)5-7-17(14)22/h5-10,15,20,22H,4,11H2,1-3H3/t15-/m0/s1. The third-order valence-electron chi connectivity index (χ3n) is 4.11. The van der Waals surface area contributed by atoms with Crippen LogP contribution in [-0.4, -0.2) is 24.5 Å². The van der Waals surface area contributed by atoms with Crippen molar-refractivity contribution >= 4 is 5.71 Å². The van der Waals surface area contributed by atoms with E-state index in [1.807, 2.05) is 44.2 Å². The second-order valence-electron chi connectivity index (χ2n) is 5.81.